The lowest BCUT2D eigenvalue weighted by Gasteiger charge is -2.31. The van der Waals surface area contributed by atoms with Crippen molar-refractivity contribution in [3.63, 3.8) is 0 Å². The zero-order valence-electron chi connectivity index (χ0n) is 11.9. The van der Waals surface area contributed by atoms with E-state index in [1.165, 1.54) is 5.56 Å². The number of ether oxygens (including phenoxy) is 1. The van der Waals surface area contributed by atoms with Crippen molar-refractivity contribution in [2.24, 2.45) is 0 Å². The Bertz CT molecular complexity index is 596. The van der Waals surface area contributed by atoms with E-state index in [2.05, 4.69) is 10.3 Å². The van der Waals surface area contributed by atoms with E-state index in [4.69, 9.17) is 4.74 Å². The predicted molar refractivity (Wildman–Crippen MR) is 76.4 cm³/mol. The molecule has 3 rings (SSSR count). The number of aromatic nitrogens is 3. The fourth-order valence-corrected chi connectivity index (χ4v) is 2.53. The summed E-state index contributed by atoms with van der Waals surface area (Å²) < 4.78 is 7.32. The first-order valence-electron chi connectivity index (χ1n) is 7.09. The van der Waals surface area contributed by atoms with Gasteiger partial charge in [0, 0.05) is 18.4 Å². The van der Waals surface area contributed by atoms with E-state index in [0.717, 1.165) is 11.3 Å². The molecule has 0 amide bonds. The molecule has 0 saturated carbocycles. The minimum atomic E-state index is -0.493. The Balaban J connectivity index is 1.79. The second kappa shape index (κ2) is 5.93. The molecule has 1 fully saturated rings. The third-order valence-electron chi connectivity index (χ3n) is 3.71. The summed E-state index contributed by atoms with van der Waals surface area (Å²) in [6.07, 6.45) is 1.47. The van der Waals surface area contributed by atoms with Crippen LogP contribution >= 0.6 is 0 Å². The lowest BCUT2D eigenvalue weighted by atomic mass is 10.0. The van der Waals surface area contributed by atoms with Crippen LogP contribution in [0.25, 0.3) is 11.3 Å². The van der Waals surface area contributed by atoms with Gasteiger partial charge >= 0.3 is 0 Å². The molecule has 2 aromatic rings. The van der Waals surface area contributed by atoms with Gasteiger partial charge in [-0.05, 0) is 6.92 Å². The molecular weight excluding hydrogens is 270 g/mol. The van der Waals surface area contributed by atoms with E-state index in [9.17, 15) is 10.2 Å². The quantitative estimate of drug-likeness (QED) is 0.890. The molecule has 1 aromatic heterocycles. The number of aryl methyl sites for hydroxylation is 1. The minimum absolute atomic E-state index is 0.104. The Morgan fingerprint density at radius 3 is 2.76 bits per heavy atom. The molecule has 3 atom stereocenters. The fraction of sp³-hybridized carbons (Fsp3) is 0.467. The van der Waals surface area contributed by atoms with Crippen molar-refractivity contribution in [1.82, 2.24) is 15.0 Å². The first-order valence-corrected chi connectivity index (χ1v) is 7.09. The predicted octanol–water partition coefficient (Wildman–Crippen LogP) is 1.28. The van der Waals surface area contributed by atoms with E-state index in [1.54, 1.807) is 4.68 Å². The Kier molecular flexibility index (Phi) is 4.01. The molecule has 112 valence electrons. The van der Waals surface area contributed by atoms with Crippen molar-refractivity contribution in [3.8, 4) is 11.3 Å². The SMILES string of the molecule is Cc1ccc(-c2cn(C3C[C@@H](O)CC(CO)O3)nn2)cc1. The summed E-state index contributed by atoms with van der Waals surface area (Å²) in [4.78, 5) is 0. The summed E-state index contributed by atoms with van der Waals surface area (Å²) in [5.41, 5.74) is 2.94. The van der Waals surface area contributed by atoms with Gasteiger partial charge in [0.2, 0.25) is 0 Å². The maximum atomic E-state index is 9.84. The zero-order chi connectivity index (χ0) is 14.8. The van der Waals surface area contributed by atoms with Crippen LogP contribution in [-0.4, -0.2) is 44.0 Å². The van der Waals surface area contributed by atoms with Gasteiger partial charge in [0.05, 0.1) is 25.0 Å². The van der Waals surface area contributed by atoms with E-state index in [0.29, 0.717) is 12.8 Å². The van der Waals surface area contributed by atoms with Gasteiger partial charge in [-0.15, -0.1) is 5.10 Å². The molecule has 0 bridgehead atoms. The molecule has 1 aliphatic rings. The number of aliphatic hydroxyl groups excluding tert-OH is 2. The highest BCUT2D eigenvalue weighted by molar-refractivity contribution is 5.57. The standard InChI is InChI=1S/C15H19N3O3/c1-10-2-4-11(5-3-10)14-8-18(17-16-14)15-7-12(20)6-13(9-19)21-15/h2-5,8,12-13,15,19-20H,6-7,9H2,1H3/t12-,13?,15?/m0/s1. The van der Waals surface area contributed by atoms with Crippen LogP contribution in [0.5, 0.6) is 0 Å². The monoisotopic (exact) mass is 289 g/mol. The van der Waals surface area contributed by atoms with Gasteiger partial charge in [-0.3, -0.25) is 0 Å². The Labute approximate surface area is 123 Å². The highest BCUT2D eigenvalue weighted by Gasteiger charge is 2.29. The van der Waals surface area contributed by atoms with Gasteiger partial charge in [-0.1, -0.05) is 35.0 Å². The van der Waals surface area contributed by atoms with Crippen LogP contribution in [0.1, 0.15) is 24.6 Å². The number of rotatable bonds is 3. The summed E-state index contributed by atoms with van der Waals surface area (Å²) in [5, 5.41) is 27.3. The van der Waals surface area contributed by atoms with Crippen molar-refractivity contribution < 1.29 is 14.9 Å². The third kappa shape index (κ3) is 3.12. The van der Waals surface area contributed by atoms with Crippen LogP contribution in [-0.2, 0) is 4.74 Å². The van der Waals surface area contributed by atoms with Crippen LogP contribution in [0.4, 0.5) is 0 Å². The van der Waals surface area contributed by atoms with Gasteiger partial charge in [0.25, 0.3) is 0 Å². The molecule has 0 aliphatic carbocycles. The summed E-state index contributed by atoms with van der Waals surface area (Å²) in [6, 6.07) is 8.04. The second-order valence-corrected chi connectivity index (χ2v) is 5.47. The summed E-state index contributed by atoms with van der Waals surface area (Å²) in [6.45, 7) is 1.93. The smallest absolute Gasteiger partial charge is 0.154 e. The van der Waals surface area contributed by atoms with Crippen molar-refractivity contribution >= 4 is 0 Å². The van der Waals surface area contributed by atoms with Gasteiger partial charge in [-0.25, -0.2) is 4.68 Å². The lowest BCUT2D eigenvalue weighted by Crippen LogP contribution is -2.36. The third-order valence-corrected chi connectivity index (χ3v) is 3.71. The molecular formula is C15H19N3O3. The fourth-order valence-electron chi connectivity index (χ4n) is 2.53. The highest BCUT2D eigenvalue weighted by Crippen LogP contribution is 2.27. The Morgan fingerprint density at radius 2 is 2.05 bits per heavy atom. The molecule has 1 aromatic carbocycles. The topological polar surface area (TPSA) is 80.4 Å². The molecule has 0 spiro atoms. The average Bonchev–Trinajstić information content (AvgIpc) is 2.97. The van der Waals surface area contributed by atoms with Crippen LogP contribution in [0, 0.1) is 6.92 Å². The van der Waals surface area contributed by atoms with E-state index in [1.807, 2.05) is 37.4 Å². The molecule has 2 heterocycles. The van der Waals surface area contributed by atoms with E-state index >= 15 is 0 Å². The van der Waals surface area contributed by atoms with Crippen LogP contribution in [0.3, 0.4) is 0 Å². The average molecular weight is 289 g/mol. The Morgan fingerprint density at radius 1 is 1.29 bits per heavy atom. The maximum absolute atomic E-state index is 9.84. The van der Waals surface area contributed by atoms with Crippen LogP contribution < -0.4 is 0 Å². The van der Waals surface area contributed by atoms with Crippen molar-refractivity contribution in [1.29, 1.82) is 0 Å². The number of benzene rings is 1. The molecule has 2 N–H and O–H groups in total. The first kappa shape index (κ1) is 14.2. The summed E-state index contributed by atoms with van der Waals surface area (Å²) in [7, 11) is 0. The highest BCUT2D eigenvalue weighted by atomic mass is 16.5. The minimum Gasteiger partial charge on any atom is -0.394 e. The molecule has 2 unspecified atom stereocenters. The summed E-state index contributed by atoms with van der Waals surface area (Å²) >= 11 is 0. The van der Waals surface area contributed by atoms with E-state index < -0.39 is 12.3 Å². The van der Waals surface area contributed by atoms with Crippen molar-refractivity contribution in [2.45, 2.75) is 38.2 Å². The molecule has 6 nitrogen and oxygen atoms in total. The number of hydrogen-bond donors (Lipinski definition) is 2. The molecule has 1 saturated heterocycles. The molecule has 6 heteroatoms. The second-order valence-electron chi connectivity index (χ2n) is 5.47. The normalized spacial score (nSPS) is 26.0. The Hall–Kier alpha value is -1.76. The van der Waals surface area contributed by atoms with Crippen molar-refractivity contribution in [2.75, 3.05) is 6.61 Å². The summed E-state index contributed by atoms with van der Waals surface area (Å²) in [5.74, 6) is 0. The van der Waals surface area contributed by atoms with Gasteiger partial charge < -0.3 is 14.9 Å². The largest absolute Gasteiger partial charge is 0.394 e. The lowest BCUT2D eigenvalue weighted by molar-refractivity contribution is -0.146. The maximum Gasteiger partial charge on any atom is 0.154 e. The number of aliphatic hydroxyl groups is 2. The van der Waals surface area contributed by atoms with Gasteiger partial charge in [-0.2, -0.15) is 0 Å². The van der Waals surface area contributed by atoms with Gasteiger partial charge in [0.15, 0.2) is 6.23 Å². The van der Waals surface area contributed by atoms with E-state index in [-0.39, 0.29) is 12.7 Å². The molecule has 0 radical (unpaired) electrons. The molecule has 1 aliphatic heterocycles. The van der Waals surface area contributed by atoms with Crippen LogP contribution in [0.2, 0.25) is 0 Å². The number of nitrogens with zero attached hydrogens (tertiary/aromatic N) is 3. The number of hydrogen-bond acceptors (Lipinski definition) is 5. The first-order chi connectivity index (χ1) is 10.2. The van der Waals surface area contributed by atoms with Crippen LogP contribution in [0.15, 0.2) is 30.5 Å². The zero-order valence-corrected chi connectivity index (χ0v) is 11.9. The molecule has 21 heavy (non-hydrogen) atoms. The van der Waals surface area contributed by atoms with Gasteiger partial charge in [0.1, 0.15) is 5.69 Å². The van der Waals surface area contributed by atoms with Crippen molar-refractivity contribution in [3.05, 3.63) is 36.0 Å².